The van der Waals surface area contributed by atoms with Crippen LogP contribution in [0.2, 0.25) is 0 Å². The van der Waals surface area contributed by atoms with Crippen molar-refractivity contribution in [1.82, 2.24) is 10.2 Å². The van der Waals surface area contributed by atoms with Gasteiger partial charge in [0.15, 0.2) is 0 Å². The third-order valence-electron chi connectivity index (χ3n) is 3.83. The van der Waals surface area contributed by atoms with Gasteiger partial charge in [-0.05, 0) is 30.4 Å². The van der Waals surface area contributed by atoms with Crippen LogP contribution in [0.5, 0.6) is 0 Å². The molecule has 2 atom stereocenters. The summed E-state index contributed by atoms with van der Waals surface area (Å²) in [6.45, 7) is 7.15. The van der Waals surface area contributed by atoms with E-state index in [1.54, 1.807) is 0 Å². The van der Waals surface area contributed by atoms with E-state index in [-0.39, 0.29) is 18.1 Å². The molecule has 0 radical (unpaired) electrons. The third-order valence-corrected chi connectivity index (χ3v) is 3.83. The van der Waals surface area contributed by atoms with Gasteiger partial charge in [-0.2, -0.15) is 0 Å². The smallest absolute Gasteiger partial charge is 0.241 e. The first-order valence-electron chi connectivity index (χ1n) is 7.36. The molecule has 1 aliphatic rings. The third kappa shape index (κ3) is 2.81. The molecular formula is C16H24N2O. The summed E-state index contributed by atoms with van der Waals surface area (Å²) >= 11 is 0. The average molecular weight is 260 g/mol. The van der Waals surface area contributed by atoms with Crippen molar-refractivity contribution in [3.05, 3.63) is 35.4 Å². The van der Waals surface area contributed by atoms with Crippen LogP contribution in [-0.4, -0.2) is 23.4 Å². The van der Waals surface area contributed by atoms with Crippen molar-refractivity contribution >= 4 is 5.91 Å². The normalized spacial score (nSPS) is 23.1. The van der Waals surface area contributed by atoms with E-state index in [1.165, 1.54) is 11.1 Å². The average Bonchev–Trinajstić information content (AvgIpc) is 2.76. The largest absolute Gasteiger partial charge is 0.322 e. The molecule has 2 rings (SSSR count). The Kier molecular flexibility index (Phi) is 4.59. The van der Waals surface area contributed by atoms with Gasteiger partial charge in [0, 0.05) is 6.54 Å². The highest BCUT2D eigenvalue weighted by Gasteiger charge is 2.37. The number of hydrogen-bond acceptors (Lipinski definition) is 2. The molecule has 1 heterocycles. The van der Waals surface area contributed by atoms with Gasteiger partial charge >= 0.3 is 0 Å². The molecule has 3 heteroatoms. The maximum absolute atomic E-state index is 12.3. The number of amides is 1. The summed E-state index contributed by atoms with van der Waals surface area (Å²) in [5, 5.41) is 3.46. The molecule has 104 valence electrons. The van der Waals surface area contributed by atoms with Crippen LogP contribution in [-0.2, 0) is 11.2 Å². The molecular weight excluding hydrogens is 236 g/mol. The second-order valence-corrected chi connectivity index (χ2v) is 5.16. The Balaban J connectivity index is 2.22. The van der Waals surface area contributed by atoms with E-state index >= 15 is 0 Å². The van der Waals surface area contributed by atoms with E-state index in [9.17, 15) is 4.79 Å². The van der Waals surface area contributed by atoms with Gasteiger partial charge in [-0.1, -0.05) is 45.0 Å². The lowest BCUT2D eigenvalue weighted by Gasteiger charge is -2.24. The van der Waals surface area contributed by atoms with E-state index < -0.39 is 0 Å². The molecule has 0 aromatic heterocycles. The molecule has 0 saturated carbocycles. The zero-order valence-electron chi connectivity index (χ0n) is 12.1. The van der Waals surface area contributed by atoms with E-state index in [4.69, 9.17) is 0 Å². The molecule has 1 fully saturated rings. The van der Waals surface area contributed by atoms with Gasteiger partial charge in [0.05, 0.1) is 6.04 Å². The van der Waals surface area contributed by atoms with Gasteiger partial charge in [0.25, 0.3) is 0 Å². The molecule has 0 spiro atoms. The zero-order chi connectivity index (χ0) is 13.8. The number of carbonyl (C=O) groups excluding carboxylic acids is 1. The minimum Gasteiger partial charge on any atom is -0.322 e. The highest BCUT2D eigenvalue weighted by Crippen LogP contribution is 2.26. The summed E-state index contributed by atoms with van der Waals surface area (Å²) in [6.07, 6.45) is 2.94. The second-order valence-electron chi connectivity index (χ2n) is 5.16. The van der Waals surface area contributed by atoms with Crippen LogP contribution >= 0.6 is 0 Å². The number of benzene rings is 1. The highest BCUT2D eigenvalue weighted by molar-refractivity contribution is 5.84. The van der Waals surface area contributed by atoms with E-state index in [0.29, 0.717) is 0 Å². The number of nitrogens with zero attached hydrogens (tertiary/aromatic N) is 1. The molecule has 0 aliphatic carbocycles. The quantitative estimate of drug-likeness (QED) is 0.883. The first kappa shape index (κ1) is 14.1. The van der Waals surface area contributed by atoms with Crippen molar-refractivity contribution in [2.45, 2.75) is 52.2 Å². The van der Waals surface area contributed by atoms with Crippen molar-refractivity contribution in [2.75, 3.05) is 6.54 Å². The molecule has 1 aromatic rings. The molecule has 1 aromatic carbocycles. The van der Waals surface area contributed by atoms with Crippen LogP contribution in [0.3, 0.4) is 0 Å². The summed E-state index contributed by atoms with van der Waals surface area (Å²) in [5.74, 6) is 0.244. The molecule has 1 saturated heterocycles. The van der Waals surface area contributed by atoms with E-state index in [2.05, 4.69) is 50.4 Å². The fraction of sp³-hybridized carbons (Fsp3) is 0.562. The fourth-order valence-electron chi connectivity index (χ4n) is 2.66. The van der Waals surface area contributed by atoms with Crippen LogP contribution in [0.1, 0.15) is 50.9 Å². The Hall–Kier alpha value is -1.35. The van der Waals surface area contributed by atoms with Crippen LogP contribution in [0.25, 0.3) is 0 Å². The molecule has 1 amide bonds. The Morgan fingerprint density at radius 3 is 2.37 bits per heavy atom. The standard InChI is InChI=1S/C16H24N2O/c1-4-11-18-15(17-14(6-3)16(18)19)13-9-7-12(5-2)8-10-13/h7-10,14-15,17H,4-6,11H2,1-3H3. The number of carbonyl (C=O) groups is 1. The first-order valence-corrected chi connectivity index (χ1v) is 7.36. The Morgan fingerprint density at radius 1 is 1.16 bits per heavy atom. The molecule has 19 heavy (non-hydrogen) atoms. The second kappa shape index (κ2) is 6.20. The Labute approximate surface area is 116 Å². The maximum Gasteiger partial charge on any atom is 0.241 e. The van der Waals surface area contributed by atoms with Crippen molar-refractivity contribution in [3.63, 3.8) is 0 Å². The van der Waals surface area contributed by atoms with Gasteiger partial charge in [0.1, 0.15) is 6.17 Å². The number of nitrogens with one attached hydrogen (secondary N) is 1. The summed E-state index contributed by atoms with van der Waals surface area (Å²) in [7, 11) is 0. The highest BCUT2D eigenvalue weighted by atomic mass is 16.2. The lowest BCUT2D eigenvalue weighted by molar-refractivity contribution is -0.130. The van der Waals surface area contributed by atoms with Gasteiger partial charge in [0.2, 0.25) is 5.91 Å². The predicted octanol–water partition coefficient (Wildman–Crippen LogP) is 2.87. The summed E-state index contributed by atoms with van der Waals surface area (Å²) in [6, 6.07) is 8.58. The van der Waals surface area contributed by atoms with Gasteiger partial charge in [-0.25, -0.2) is 0 Å². The zero-order valence-corrected chi connectivity index (χ0v) is 12.1. The van der Waals surface area contributed by atoms with Crippen molar-refractivity contribution in [1.29, 1.82) is 0 Å². The van der Waals surface area contributed by atoms with E-state index in [0.717, 1.165) is 25.8 Å². The van der Waals surface area contributed by atoms with Gasteiger partial charge in [-0.3, -0.25) is 10.1 Å². The van der Waals surface area contributed by atoms with Crippen LogP contribution in [0.15, 0.2) is 24.3 Å². The van der Waals surface area contributed by atoms with Gasteiger partial charge < -0.3 is 4.90 Å². The monoisotopic (exact) mass is 260 g/mol. The van der Waals surface area contributed by atoms with Crippen LogP contribution < -0.4 is 5.32 Å². The van der Waals surface area contributed by atoms with Gasteiger partial charge in [-0.15, -0.1) is 0 Å². The van der Waals surface area contributed by atoms with Crippen molar-refractivity contribution < 1.29 is 4.79 Å². The minimum atomic E-state index is -0.0256. The molecule has 1 N–H and O–H groups in total. The predicted molar refractivity (Wildman–Crippen MR) is 77.8 cm³/mol. The minimum absolute atomic E-state index is 0.0256. The molecule has 2 unspecified atom stereocenters. The summed E-state index contributed by atoms with van der Waals surface area (Å²) in [5.41, 5.74) is 2.53. The summed E-state index contributed by atoms with van der Waals surface area (Å²) < 4.78 is 0. The molecule has 3 nitrogen and oxygen atoms in total. The van der Waals surface area contributed by atoms with E-state index in [1.807, 2.05) is 4.90 Å². The number of rotatable bonds is 5. The fourth-order valence-corrected chi connectivity index (χ4v) is 2.66. The SMILES string of the molecule is CCCN1C(=O)C(CC)NC1c1ccc(CC)cc1. The van der Waals surface area contributed by atoms with Crippen molar-refractivity contribution in [3.8, 4) is 0 Å². The Morgan fingerprint density at radius 2 is 1.84 bits per heavy atom. The molecule has 0 bridgehead atoms. The summed E-state index contributed by atoms with van der Waals surface area (Å²) in [4.78, 5) is 14.3. The molecule has 1 aliphatic heterocycles. The number of aryl methyl sites for hydroxylation is 1. The maximum atomic E-state index is 12.3. The topological polar surface area (TPSA) is 32.3 Å². The lowest BCUT2D eigenvalue weighted by Crippen LogP contribution is -2.31. The lowest BCUT2D eigenvalue weighted by atomic mass is 10.1. The number of hydrogen-bond donors (Lipinski definition) is 1. The van der Waals surface area contributed by atoms with Crippen LogP contribution in [0, 0.1) is 0 Å². The Bertz CT molecular complexity index is 427. The first-order chi connectivity index (χ1) is 9.21. The van der Waals surface area contributed by atoms with Crippen LogP contribution in [0.4, 0.5) is 0 Å². The van der Waals surface area contributed by atoms with Crippen molar-refractivity contribution in [2.24, 2.45) is 0 Å².